The molecule has 2 aromatic heterocycles. The molecule has 1 aliphatic carbocycles. The van der Waals surface area contributed by atoms with Gasteiger partial charge in [-0.25, -0.2) is 19.0 Å². The summed E-state index contributed by atoms with van der Waals surface area (Å²) in [5.41, 5.74) is 2.33. The summed E-state index contributed by atoms with van der Waals surface area (Å²) < 4.78 is 34.2. The molecule has 0 spiro atoms. The van der Waals surface area contributed by atoms with Crippen molar-refractivity contribution >= 4 is 32.1 Å². The minimum absolute atomic E-state index is 0.0171. The summed E-state index contributed by atoms with van der Waals surface area (Å²) in [7, 11) is -3.71. The van der Waals surface area contributed by atoms with Crippen LogP contribution in [0, 0.1) is 5.92 Å². The number of sulfonamides is 1. The lowest BCUT2D eigenvalue weighted by atomic mass is 10.5. The SMILES string of the molecule is NNc1nc2sccn2c1S(=O)(=O)NCCOCC1CC1. The predicted octanol–water partition coefficient (Wildman–Crippen LogP) is 0.386. The Kier molecular flexibility index (Phi) is 4.13. The van der Waals surface area contributed by atoms with E-state index in [4.69, 9.17) is 10.6 Å². The maximum Gasteiger partial charge on any atom is 0.260 e. The van der Waals surface area contributed by atoms with Gasteiger partial charge in [0.1, 0.15) is 0 Å². The van der Waals surface area contributed by atoms with Crippen LogP contribution in [0.5, 0.6) is 0 Å². The Morgan fingerprint density at radius 3 is 3.05 bits per heavy atom. The summed E-state index contributed by atoms with van der Waals surface area (Å²) >= 11 is 1.34. The fourth-order valence-electron chi connectivity index (χ4n) is 1.97. The van der Waals surface area contributed by atoms with Crippen molar-refractivity contribution in [1.82, 2.24) is 14.1 Å². The van der Waals surface area contributed by atoms with Gasteiger partial charge in [-0.05, 0) is 18.8 Å². The highest BCUT2D eigenvalue weighted by Crippen LogP contribution is 2.28. The van der Waals surface area contributed by atoms with Crippen molar-refractivity contribution in [3.05, 3.63) is 11.6 Å². The van der Waals surface area contributed by atoms with Gasteiger partial charge < -0.3 is 10.2 Å². The quantitative estimate of drug-likeness (QED) is 0.366. The van der Waals surface area contributed by atoms with Gasteiger partial charge in [0.15, 0.2) is 10.8 Å². The lowest BCUT2D eigenvalue weighted by molar-refractivity contribution is 0.129. The number of hydrogen-bond acceptors (Lipinski definition) is 7. The second-order valence-corrected chi connectivity index (χ2v) is 7.44. The highest BCUT2D eigenvalue weighted by Gasteiger charge is 2.25. The van der Waals surface area contributed by atoms with Gasteiger partial charge in [0.05, 0.1) is 6.61 Å². The minimum atomic E-state index is -3.71. The number of nitrogens with one attached hydrogen (secondary N) is 2. The number of thiazole rings is 1. The fourth-order valence-corrected chi connectivity index (χ4v) is 3.99. The Morgan fingerprint density at radius 2 is 2.33 bits per heavy atom. The molecular weight excluding hydrogens is 314 g/mol. The maximum absolute atomic E-state index is 12.4. The van der Waals surface area contributed by atoms with Crippen molar-refractivity contribution in [1.29, 1.82) is 0 Å². The zero-order valence-corrected chi connectivity index (χ0v) is 12.9. The van der Waals surface area contributed by atoms with Gasteiger partial charge in [-0.3, -0.25) is 4.40 Å². The van der Waals surface area contributed by atoms with Gasteiger partial charge in [0, 0.05) is 24.7 Å². The smallest absolute Gasteiger partial charge is 0.260 e. The Hall–Kier alpha value is -1.20. The number of hydrazine groups is 1. The zero-order chi connectivity index (χ0) is 14.9. The normalized spacial score (nSPS) is 15.7. The first-order valence-electron chi connectivity index (χ1n) is 6.61. The molecule has 21 heavy (non-hydrogen) atoms. The molecule has 0 unspecified atom stereocenters. The summed E-state index contributed by atoms with van der Waals surface area (Å²) in [6.07, 6.45) is 4.07. The first-order chi connectivity index (χ1) is 10.1. The first-order valence-corrected chi connectivity index (χ1v) is 8.97. The average molecular weight is 331 g/mol. The molecule has 1 fully saturated rings. The molecule has 8 nitrogen and oxygen atoms in total. The summed E-state index contributed by atoms with van der Waals surface area (Å²) in [5, 5.41) is 1.78. The van der Waals surface area contributed by atoms with Gasteiger partial charge in [-0.2, -0.15) is 4.98 Å². The van der Waals surface area contributed by atoms with Crippen LogP contribution in [0.4, 0.5) is 5.82 Å². The van der Waals surface area contributed by atoms with Crippen molar-refractivity contribution in [3.63, 3.8) is 0 Å². The van der Waals surface area contributed by atoms with Gasteiger partial charge in [0.25, 0.3) is 10.0 Å². The van der Waals surface area contributed by atoms with Gasteiger partial charge in [0.2, 0.25) is 5.03 Å². The van der Waals surface area contributed by atoms with E-state index in [1.165, 1.54) is 28.6 Å². The first kappa shape index (κ1) is 14.7. The van der Waals surface area contributed by atoms with Gasteiger partial charge >= 0.3 is 0 Å². The number of nitrogens with zero attached hydrogens (tertiary/aromatic N) is 2. The summed E-state index contributed by atoms with van der Waals surface area (Å²) in [6.45, 7) is 1.28. The number of aromatic nitrogens is 2. The molecule has 0 aromatic carbocycles. The Balaban J connectivity index is 1.68. The van der Waals surface area contributed by atoms with Gasteiger partial charge in [-0.15, -0.1) is 11.3 Å². The molecule has 0 amide bonds. The standard InChI is InChI=1S/C11H17N5O3S2/c12-15-9-10(16-4-6-20-11(16)14-9)21(17,18)13-3-5-19-7-8-1-2-8/h4,6,8,13,15H,1-3,5,7,12H2. The Morgan fingerprint density at radius 1 is 1.52 bits per heavy atom. The van der Waals surface area contributed by atoms with E-state index in [1.54, 1.807) is 11.6 Å². The van der Waals surface area contributed by atoms with Crippen LogP contribution in [-0.2, 0) is 14.8 Å². The number of ether oxygens (including phenoxy) is 1. The van der Waals surface area contributed by atoms with Crippen molar-refractivity contribution < 1.29 is 13.2 Å². The molecule has 1 aliphatic rings. The van der Waals surface area contributed by atoms with E-state index in [0.717, 1.165) is 0 Å². The monoisotopic (exact) mass is 331 g/mol. The Bertz CT molecular complexity index is 719. The molecule has 3 rings (SSSR count). The zero-order valence-electron chi connectivity index (χ0n) is 11.3. The molecule has 0 saturated heterocycles. The highest BCUT2D eigenvalue weighted by atomic mass is 32.2. The fraction of sp³-hybridized carbons (Fsp3) is 0.545. The van der Waals surface area contributed by atoms with E-state index in [9.17, 15) is 8.42 Å². The van der Waals surface area contributed by atoms with Crippen LogP contribution < -0.4 is 16.0 Å². The number of anilines is 1. The largest absolute Gasteiger partial charge is 0.380 e. The third kappa shape index (κ3) is 3.19. The predicted molar refractivity (Wildman–Crippen MR) is 79.6 cm³/mol. The number of hydrogen-bond donors (Lipinski definition) is 3. The van der Waals surface area contributed by atoms with Crippen molar-refractivity contribution in [2.45, 2.75) is 17.9 Å². The molecule has 1 saturated carbocycles. The second kappa shape index (κ2) is 5.89. The topological polar surface area (TPSA) is 111 Å². The molecule has 2 aromatic rings. The molecule has 10 heteroatoms. The highest BCUT2D eigenvalue weighted by molar-refractivity contribution is 7.89. The molecule has 2 heterocycles. The average Bonchev–Trinajstić information content (AvgIpc) is 3.03. The summed E-state index contributed by atoms with van der Waals surface area (Å²) in [6, 6.07) is 0. The molecule has 116 valence electrons. The van der Waals surface area contributed by atoms with E-state index in [1.807, 2.05) is 0 Å². The number of imidazole rings is 1. The van der Waals surface area contributed by atoms with E-state index in [-0.39, 0.29) is 17.4 Å². The molecule has 0 atom stereocenters. The lowest BCUT2D eigenvalue weighted by Gasteiger charge is -2.08. The van der Waals surface area contributed by atoms with Crippen LogP contribution in [0.1, 0.15) is 12.8 Å². The van der Waals surface area contributed by atoms with E-state index < -0.39 is 10.0 Å². The number of nitrogens with two attached hydrogens (primary N) is 1. The molecule has 0 aliphatic heterocycles. The van der Waals surface area contributed by atoms with Crippen molar-refractivity contribution in [3.8, 4) is 0 Å². The van der Waals surface area contributed by atoms with Crippen LogP contribution in [0.2, 0.25) is 0 Å². The van der Waals surface area contributed by atoms with Crippen LogP contribution >= 0.6 is 11.3 Å². The maximum atomic E-state index is 12.4. The Labute approximate surface area is 126 Å². The third-order valence-corrected chi connectivity index (χ3v) is 5.44. The second-order valence-electron chi connectivity index (χ2n) is 4.88. The van der Waals surface area contributed by atoms with Crippen LogP contribution in [-0.4, -0.2) is 37.6 Å². The number of rotatable bonds is 8. The van der Waals surface area contributed by atoms with E-state index >= 15 is 0 Å². The summed E-state index contributed by atoms with van der Waals surface area (Å²) in [5.74, 6) is 6.14. The molecule has 4 N–H and O–H groups in total. The van der Waals surface area contributed by atoms with E-state index in [0.29, 0.717) is 24.1 Å². The number of fused-ring (bicyclic) bond motifs is 1. The lowest BCUT2D eigenvalue weighted by Crippen LogP contribution is -2.29. The van der Waals surface area contributed by atoms with Crippen molar-refractivity contribution in [2.24, 2.45) is 11.8 Å². The molecular formula is C11H17N5O3S2. The van der Waals surface area contributed by atoms with Crippen LogP contribution in [0.25, 0.3) is 4.96 Å². The third-order valence-electron chi connectivity index (χ3n) is 3.20. The van der Waals surface area contributed by atoms with Crippen LogP contribution in [0.15, 0.2) is 16.6 Å². The summed E-state index contributed by atoms with van der Waals surface area (Å²) in [4.78, 5) is 4.69. The number of nitrogen functional groups attached to an aromatic ring is 1. The van der Waals surface area contributed by atoms with Gasteiger partial charge in [-0.1, -0.05) is 0 Å². The van der Waals surface area contributed by atoms with Crippen molar-refractivity contribution in [2.75, 3.05) is 25.2 Å². The minimum Gasteiger partial charge on any atom is -0.380 e. The van der Waals surface area contributed by atoms with E-state index in [2.05, 4.69) is 15.1 Å². The van der Waals surface area contributed by atoms with Crippen LogP contribution in [0.3, 0.4) is 0 Å². The molecule has 0 bridgehead atoms. The molecule has 0 radical (unpaired) electrons.